The molecule has 3 aromatic carbocycles. The van der Waals surface area contributed by atoms with Crippen molar-refractivity contribution < 1.29 is 0 Å². The Balaban J connectivity index is 2.02. The van der Waals surface area contributed by atoms with Gasteiger partial charge in [-0.05, 0) is 38.2 Å². The highest BCUT2D eigenvalue weighted by Gasteiger charge is 2.17. The first-order valence-corrected chi connectivity index (χ1v) is 9.09. The quantitative estimate of drug-likeness (QED) is 0.416. The predicted octanol–water partition coefficient (Wildman–Crippen LogP) is 6.49. The molecule has 128 valence electrons. The van der Waals surface area contributed by atoms with E-state index in [2.05, 4.69) is 84.1 Å². The lowest BCUT2D eigenvalue weighted by Crippen LogP contribution is -1.97. The van der Waals surface area contributed by atoms with Crippen LogP contribution in [-0.2, 0) is 0 Å². The van der Waals surface area contributed by atoms with Crippen molar-refractivity contribution in [3.8, 4) is 28.2 Å². The highest BCUT2D eigenvalue weighted by atomic mass is 32.1. The molecule has 0 saturated heterocycles. The van der Waals surface area contributed by atoms with Crippen molar-refractivity contribution in [1.82, 2.24) is 9.55 Å². The lowest BCUT2D eigenvalue weighted by Gasteiger charge is -2.11. The number of aromatic amines is 1. The molecule has 0 amide bonds. The van der Waals surface area contributed by atoms with Crippen LogP contribution in [0.2, 0.25) is 0 Å². The summed E-state index contributed by atoms with van der Waals surface area (Å²) in [6.07, 6.45) is 0. The molecule has 0 fully saturated rings. The van der Waals surface area contributed by atoms with Crippen LogP contribution < -0.4 is 0 Å². The molecule has 0 aliphatic carbocycles. The maximum absolute atomic E-state index is 5.70. The second-order valence-electron chi connectivity index (χ2n) is 6.56. The molecule has 4 aromatic rings. The molecule has 1 N–H and O–H groups in total. The second kappa shape index (κ2) is 6.77. The van der Waals surface area contributed by atoms with Crippen molar-refractivity contribution >= 4 is 12.2 Å². The Morgan fingerprint density at radius 1 is 0.692 bits per heavy atom. The van der Waals surface area contributed by atoms with Gasteiger partial charge in [-0.2, -0.15) is 0 Å². The van der Waals surface area contributed by atoms with Crippen molar-refractivity contribution in [2.24, 2.45) is 0 Å². The Kier molecular flexibility index (Phi) is 4.31. The predicted molar refractivity (Wildman–Crippen MR) is 111 cm³/mol. The molecule has 1 aromatic heterocycles. The first-order valence-electron chi connectivity index (χ1n) is 8.68. The zero-order chi connectivity index (χ0) is 18.1. The van der Waals surface area contributed by atoms with Crippen LogP contribution in [0, 0.1) is 18.6 Å². The fourth-order valence-electron chi connectivity index (χ4n) is 3.17. The van der Waals surface area contributed by atoms with Gasteiger partial charge in [-0.15, -0.1) is 0 Å². The summed E-state index contributed by atoms with van der Waals surface area (Å²) in [5.41, 5.74) is 7.95. The van der Waals surface area contributed by atoms with Gasteiger partial charge in [0.2, 0.25) is 0 Å². The molecular weight excluding hydrogens is 336 g/mol. The van der Waals surface area contributed by atoms with Gasteiger partial charge in [0.25, 0.3) is 0 Å². The number of hydrogen-bond acceptors (Lipinski definition) is 1. The molecule has 3 heteroatoms. The van der Waals surface area contributed by atoms with E-state index < -0.39 is 0 Å². The molecule has 0 spiro atoms. The molecule has 2 nitrogen and oxygen atoms in total. The van der Waals surface area contributed by atoms with E-state index in [4.69, 9.17) is 12.2 Å². The number of nitrogens with zero attached hydrogens (tertiary/aromatic N) is 1. The molecule has 0 saturated carbocycles. The molecular formula is C23H20N2S. The lowest BCUT2D eigenvalue weighted by atomic mass is 10.0. The highest BCUT2D eigenvalue weighted by Crippen LogP contribution is 2.34. The summed E-state index contributed by atoms with van der Waals surface area (Å²) in [6, 6.07) is 27.4. The first-order chi connectivity index (χ1) is 12.6. The van der Waals surface area contributed by atoms with Gasteiger partial charge in [0, 0.05) is 16.8 Å². The maximum atomic E-state index is 5.70. The van der Waals surface area contributed by atoms with Gasteiger partial charge in [0.1, 0.15) is 0 Å². The monoisotopic (exact) mass is 356 g/mol. The van der Waals surface area contributed by atoms with Gasteiger partial charge < -0.3 is 4.98 Å². The van der Waals surface area contributed by atoms with Crippen molar-refractivity contribution in [2.45, 2.75) is 13.8 Å². The summed E-state index contributed by atoms with van der Waals surface area (Å²) in [7, 11) is 0. The van der Waals surface area contributed by atoms with E-state index in [-0.39, 0.29) is 0 Å². The topological polar surface area (TPSA) is 20.7 Å². The van der Waals surface area contributed by atoms with Crippen LogP contribution in [0.15, 0.2) is 78.9 Å². The standard InChI is InChI=1S/C23H20N2S/c1-16-8-12-18(13-9-16)21-22(19-14-10-17(2)11-15-19)25(23(26)24-21)20-6-4-3-5-7-20/h3-15H,1-2H3,(H,24,26). The molecule has 4 rings (SSSR count). The van der Waals surface area contributed by atoms with Gasteiger partial charge in [0.05, 0.1) is 11.4 Å². The van der Waals surface area contributed by atoms with E-state index >= 15 is 0 Å². The van der Waals surface area contributed by atoms with E-state index in [9.17, 15) is 0 Å². The second-order valence-corrected chi connectivity index (χ2v) is 6.94. The van der Waals surface area contributed by atoms with E-state index in [1.54, 1.807) is 0 Å². The fraction of sp³-hybridized carbons (Fsp3) is 0.0870. The number of nitrogens with one attached hydrogen (secondary N) is 1. The number of imidazole rings is 1. The Bertz CT molecular complexity index is 1090. The zero-order valence-electron chi connectivity index (χ0n) is 14.9. The molecule has 0 unspecified atom stereocenters. The van der Waals surface area contributed by atoms with Crippen molar-refractivity contribution in [3.05, 3.63) is 94.8 Å². The van der Waals surface area contributed by atoms with Crippen LogP contribution in [0.5, 0.6) is 0 Å². The summed E-state index contributed by atoms with van der Waals surface area (Å²) in [5.74, 6) is 0. The number of benzene rings is 3. The first kappa shape index (κ1) is 16.6. The van der Waals surface area contributed by atoms with Gasteiger partial charge in [0.15, 0.2) is 4.77 Å². The normalized spacial score (nSPS) is 10.8. The largest absolute Gasteiger partial charge is 0.330 e. The minimum absolute atomic E-state index is 0.697. The van der Waals surface area contributed by atoms with Crippen molar-refractivity contribution in [3.63, 3.8) is 0 Å². The molecule has 26 heavy (non-hydrogen) atoms. The Hall–Kier alpha value is -2.91. The average molecular weight is 356 g/mol. The summed E-state index contributed by atoms with van der Waals surface area (Å²) in [4.78, 5) is 3.44. The van der Waals surface area contributed by atoms with E-state index in [1.807, 2.05) is 18.2 Å². The lowest BCUT2D eigenvalue weighted by molar-refractivity contribution is 1.04. The molecule has 1 heterocycles. The average Bonchev–Trinajstić information content (AvgIpc) is 3.01. The van der Waals surface area contributed by atoms with Gasteiger partial charge in [-0.3, -0.25) is 4.57 Å². The number of para-hydroxylation sites is 1. The van der Waals surface area contributed by atoms with Gasteiger partial charge in [-0.1, -0.05) is 77.9 Å². The molecule has 0 radical (unpaired) electrons. The number of aromatic nitrogens is 2. The van der Waals surface area contributed by atoms with Crippen LogP contribution in [-0.4, -0.2) is 9.55 Å². The summed E-state index contributed by atoms with van der Waals surface area (Å²) >= 11 is 5.70. The highest BCUT2D eigenvalue weighted by molar-refractivity contribution is 7.71. The van der Waals surface area contributed by atoms with Crippen LogP contribution in [0.25, 0.3) is 28.2 Å². The minimum Gasteiger partial charge on any atom is -0.330 e. The zero-order valence-corrected chi connectivity index (χ0v) is 15.7. The van der Waals surface area contributed by atoms with E-state index in [0.29, 0.717) is 4.77 Å². The van der Waals surface area contributed by atoms with E-state index in [0.717, 1.165) is 28.2 Å². The number of H-pyrrole nitrogens is 1. The SMILES string of the molecule is Cc1ccc(-c2[nH]c(=S)n(-c3ccccc3)c2-c2ccc(C)cc2)cc1. The van der Waals surface area contributed by atoms with Crippen molar-refractivity contribution in [2.75, 3.05) is 0 Å². The van der Waals surface area contributed by atoms with Crippen LogP contribution >= 0.6 is 12.2 Å². The maximum Gasteiger partial charge on any atom is 0.182 e. The number of hydrogen-bond donors (Lipinski definition) is 1. The third-order valence-corrected chi connectivity index (χ3v) is 4.86. The summed E-state index contributed by atoms with van der Waals surface area (Å²) in [5, 5.41) is 0. The fourth-order valence-corrected chi connectivity index (χ4v) is 3.47. The summed E-state index contributed by atoms with van der Waals surface area (Å²) in [6.45, 7) is 4.20. The van der Waals surface area contributed by atoms with Crippen LogP contribution in [0.4, 0.5) is 0 Å². The molecule has 0 aliphatic heterocycles. The number of rotatable bonds is 3. The third kappa shape index (κ3) is 3.02. The smallest absolute Gasteiger partial charge is 0.182 e. The van der Waals surface area contributed by atoms with Gasteiger partial charge >= 0.3 is 0 Å². The third-order valence-electron chi connectivity index (χ3n) is 4.58. The molecule has 0 atom stereocenters. The van der Waals surface area contributed by atoms with Crippen LogP contribution in [0.3, 0.4) is 0 Å². The van der Waals surface area contributed by atoms with Gasteiger partial charge in [-0.25, -0.2) is 0 Å². The minimum atomic E-state index is 0.697. The Morgan fingerprint density at radius 2 is 1.23 bits per heavy atom. The Morgan fingerprint density at radius 3 is 1.81 bits per heavy atom. The molecule has 0 aliphatic rings. The van der Waals surface area contributed by atoms with E-state index in [1.165, 1.54) is 11.1 Å². The number of aryl methyl sites for hydroxylation is 2. The summed E-state index contributed by atoms with van der Waals surface area (Å²) < 4.78 is 2.82. The molecule has 0 bridgehead atoms. The Labute approximate surface area is 158 Å². The van der Waals surface area contributed by atoms with Crippen LogP contribution in [0.1, 0.15) is 11.1 Å². The van der Waals surface area contributed by atoms with Crippen molar-refractivity contribution in [1.29, 1.82) is 0 Å².